The van der Waals surface area contributed by atoms with Gasteiger partial charge >= 0.3 is 0 Å². The van der Waals surface area contributed by atoms with E-state index in [1.165, 1.54) is 4.90 Å². The van der Waals surface area contributed by atoms with Crippen LogP contribution in [0.2, 0.25) is 5.02 Å². The molecule has 1 aliphatic heterocycles. The van der Waals surface area contributed by atoms with Crippen molar-refractivity contribution >= 4 is 34.7 Å². The van der Waals surface area contributed by atoms with Crippen LogP contribution in [0.25, 0.3) is 11.4 Å². The summed E-state index contributed by atoms with van der Waals surface area (Å²) in [6.45, 7) is 2.72. The third-order valence-electron chi connectivity index (χ3n) is 6.01. The number of Topliss-reactive ketones (excluding diaryl/α,β-unsaturated/α-hetero) is 1. The summed E-state index contributed by atoms with van der Waals surface area (Å²) in [6.07, 6.45) is 7.61. The predicted octanol–water partition coefficient (Wildman–Crippen LogP) is 4.00. The molecule has 0 saturated carbocycles. The molecular weight excluding hydrogens is 454 g/mol. The van der Waals surface area contributed by atoms with Crippen LogP contribution in [0.15, 0.2) is 73.0 Å². The zero-order valence-electron chi connectivity index (χ0n) is 18.4. The van der Waals surface area contributed by atoms with Crippen LogP contribution in [0.5, 0.6) is 0 Å². The maximum atomic E-state index is 13.3. The van der Waals surface area contributed by atoms with Crippen LogP contribution in [0.1, 0.15) is 29.4 Å². The van der Waals surface area contributed by atoms with Gasteiger partial charge in [-0.15, -0.1) is 0 Å². The number of aliphatic hydroxyl groups is 1. The van der Waals surface area contributed by atoms with Crippen molar-refractivity contribution in [2.24, 2.45) is 0 Å². The summed E-state index contributed by atoms with van der Waals surface area (Å²) in [6, 6.07) is 11.7. The number of likely N-dealkylation sites (tertiary alicyclic amines) is 1. The van der Waals surface area contributed by atoms with Gasteiger partial charge in [0.25, 0.3) is 11.7 Å². The fraction of sp³-hybridized carbons (Fsp3) is 0.200. The zero-order chi connectivity index (χ0) is 23.8. The topological polar surface area (TPSA) is 92.7 Å². The number of carbonyl (C=O) groups is 2. The molecule has 4 aromatic rings. The standard InChI is InChI=1S/C25H22ClN5O3/c1-16-21(30-11-3-2-8-19(30)28-16)23(32)20-22(17-6-4-7-18(26)14-17)31(25(34)24(20)33)12-5-10-29-13-9-27-15-29/h2-4,6-9,11,13-15,22,32H,5,10,12H2,1H3. The first kappa shape index (κ1) is 21.9. The fourth-order valence-electron chi connectivity index (χ4n) is 4.50. The number of imidazole rings is 2. The van der Waals surface area contributed by atoms with Crippen LogP contribution in [0, 0.1) is 6.92 Å². The van der Waals surface area contributed by atoms with Gasteiger partial charge in [0.05, 0.1) is 23.6 Å². The number of halogens is 1. The number of aromatic nitrogens is 4. The number of pyridine rings is 1. The van der Waals surface area contributed by atoms with Crippen molar-refractivity contribution in [1.82, 2.24) is 23.8 Å². The molecule has 1 unspecified atom stereocenters. The molecule has 3 aromatic heterocycles. The number of aliphatic hydroxyl groups excluding tert-OH is 1. The van der Waals surface area contributed by atoms with Crippen molar-refractivity contribution in [2.45, 2.75) is 25.9 Å². The van der Waals surface area contributed by atoms with Gasteiger partial charge in [0.2, 0.25) is 0 Å². The molecule has 8 nitrogen and oxygen atoms in total. The van der Waals surface area contributed by atoms with Crippen molar-refractivity contribution in [3.63, 3.8) is 0 Å². The Morgan fingerprint density at radius 3 is 2.74 bits per heavy atom. The maximum Gasteiger partial charge on any atom is 0.295 e. The number of carbonyl (C=O) groups excluding carboxylic acids is 2. The number of benzene rings is 1. The van der Waals surface area contributed by atoms with Gasteiger partial charge in [0.15, 0.2) is 5.76 Å². The molecule has 1 aromatic carbocycles. The molecule has 172 valence electrons. The van der Waals surface area contributed by atoms with Crippen molar-refractivity contribution < 1.29 is 14.7 Å². The number of fused-ring (bicyclic) bond motifs is 1. The molecule has 1 fully saturated rings. The van der Waals surface area contributed by atoms with Gasteiger partial charge in [-0.25, -0.2) is 9.97 Å². The lowest BCUT2D eigenvalue weighted by atomic mass is 9.96. The SMILES string of the molecule is Cc1nc2ccccn2c1C(O)=C1C(=O)C(=O)N(CCCn2ccnc2)C1c1cccc(Cl)c1. The highest BCUT2D eigenvalue weighted by atomic mass is 35.5. The Morgan fingerprint density at radius 2 is 1.97 bits per heavy atom. The first-order chi connectivity index (χ1) is 16.5. The quantitative estimate of drug-likeness (QED) is 0.258. The van der Waals surface area contributed by atoms with Crippen LogP contribution >= 0.6 is 11.6 Å². The highest BCUT2D eigenvalue weighted by molar-refractivity contribution is 6.46. The predicted molar refractivity (Wildman–Crippen MR) is 127 cm³/mol. The molecule has 5 rings (SSSR count). The summed E-state index contributed by atoms with van der Waals surface area (Å²) in [5.74, 6) is -1.63. The van der Waals surface area contributed by atoms with E-state index in [9.17, 15) is 14.7 Å². The molecule has 0 radical (unpaired) electrons. The molecule has 9 heteroatoms. The summed E-state index contributed by atoms with van der Waals surface area (Å²) < 4.78 is 3.62. The lowest BCUT2D eigenvalue weighted by Crippen LogP contribution is -2.31. The van der Waals surface area contributed by atoms with E-state index >= 15 is 0 Å². The average molecular weight is 476 g/mol. The Bertz CT molecular complexity index is 1420. The third kappa shape index (κ3) is 3.76. The van der Waals surface area contributed by atoms with Gasteiger partial charge in [-0.1, -0.05) is 29.8 Å². The van der Waals surface area contributed by atoms with E-state index in [2.05, 4.69) is 9.97 Å². The van der Waals surface area contributed by atoms with Crippen LogP contribution < -0.4 is 0 Å². The van der Waals surface area contributed by atoms with Crippen LogP contribution in [-0.4, -0.2) is 47.2 Å². The molecule has 4 heterocycles. The Balaban J connectivity index is 1.61. The van der Waals surface area contributed by atoms with Gasteiger partial charge in [-0.05, 0) is 43.2 Å². The summed E-state index contributed by atoms with van der Waals surface area (Å²) in [5.41, 5.74) is 2.26. The van der Waals surface area contributed by atoms with Gasteiger partial charge in [0.1, 0.15) is 11.3 Å². The summed E-state index contributed by atoms with van der Waals surface area (Å²) in [7, 11) is 0. The van der Waals surface area contributed by atoms with E-state index in [0.29, 0.717) is 47.1 Å². The number of ketones is 1. The van der Waals surface area contributed by atoms with Gasteiger partial charge in [0, 0.05) is 36.7 Å². The molecule has 1 aliphatic rings. The number of hydrogen-bond acceptors (Lipinski definition) is 5. The van der Waals surface area contributed by atoms with Crippen molar-refractivity contribution in [1.29, 1.82) is 0 Å². The number of nitrogens with zero attached hydrogens (tertiary/aromatic N) is 5. The first-order valence-corrected chi connectivity index (χ1v) is 11.3. The van der Waals surface area contributed by atoms with Crippen molar-refractivity contribution in [3.05, 3.63) is 94.9 Å². The Hall–Kier alpha value is -3.91. The van der Waals surface area contributed by atoms with Gasteiger partial charge < -0.3 is 14.6 Å². The largest absolute Gasteiger partial charge is 0.505 e. The lowest BCUT2D eigenvalue weighted by Gasteiger charge is -2.25. The van der Waals surface area contributed by atoms with E-state index in [-0.39, 0.29) is 11.3 Å². The van der Waals surface area contributed by atoms with Crippen LogP contribution in [-0.2, 0) is 16.1 Å². The second kappa shape index (κ2) is 8.79. The minimum absolute atomic E-state index is 0.0312. The smallest absolute Gasteiger partial charge is 0.295 e. The Kier molecular flexibility index (Phi) is 5.67. The molecule has 0 aliphatic carbocycles. The molecule has 1 saturated heterocycles. The number of rotatable bonds is 6. The molecule has 34 heavy (non-hydrogen) atoms. The van der Waals surface area contributed by atoms with E-state index in [0.717, 1.165) is 0 Å². The van der Waals surface area contributed by atoms with Crippen molar-refractivity contribution in [3.8, 4) is 0 Å². The van der Waals surface area contributed by atoms with E-state index in [4.69, 9.17) is 11.6 Å². The molecule has 1 atom stereocenters. The van der Waals surface area contributed by atoms with Crippen LogP contribution in [0.3, 0.4) is 0 Å². The normalized spacial score (nSPS) is 17.7. The van der Waals surface area contributed by atoms with E-state index < -0.39 is 17.7 Å². The number of hydrogen-bond donors (Lipinski definition) is 1. The summed E-state index contributed by atoms with van der Waals surface area (Å²) >= 11 is 6.25. The summed E-state index contributed by atoms with van der Waals surface area (Å²) in [4.78, 5) is 36.5. The first-order valence-electron chi connectivity index (χ1n) is 10.9. The van der Waals surface area contributed by atoms with E-state index in [1.54, 1.807) is 54.3 Å². The number of amides is 1. The molecule has 0 spiro atoms. The Labute approximate surface area is 200 Å². The minimum atomic E-state index is -0.768. The summed E-state index contributed by atoms with van der Waals surface area (Å²) in [5, 5.41) is 11.9. The monoisotopic (exact) mass is 475 g/mol. The Morgan fingerprint density at radius 1 is 1.12 bits per heavy atom. The lowest BCUT2D eigenvalue weighted by molar-refractivity contribution is -0.139. The van der Waals surface area contributed by atoms with Crippen LogP contribution in [0.4, 0.5) is 0 Å². The highest BCUT2D eigenvalue weighted by Crippen LogP contribution is 2.40. The second-order valence-corrected chi connectivity index (χ2v) is 8.61. The van der Waals surface area contributed by atoms with E-state index in [1.807, 2.05) is 29.0 Å². The number of aryl methyl sites for hydroxylation is 2. The zero-order valence-corrected chi connectivity index (χ0v) is 19.2. The minimum Gasteiger partial charge on any atom is -0.505 e. The van der Waals surface area contributed by atoms with Gasteiger partial charge in [-0.2, -0.15) is 0 Å². The maximum absolute atomic E-state index is 13.3. The molecule has 1 N–H and O–H groups in total. The molecule has 1 amide bonds. The van der Waals surface area contributed by atoms with Crippen molar-refractivity contribution in [2.75, 3.05) is 6.54 Å². The fourth-order valence-corrected chi connectivity index (χ4v) is 4.70. The molecular formula is C25H22ClN5O3. The molecule has 0 bridgehead atoms. The average Bonchev–Trinajstić information content (AvgIpc) is 3.51. The highest BCUT2D eigenvalue weighted by Gasteiger charge is 2.46. The third-order valence-corrected chi connectivity index (χ3v) is 6.24. The van der Waals surface area contributed by atoms with Gasteiger partial charge in [-0.3, -0.25) is 14.0 Å². The second-order valence-electron chi connectivity index (χ2n) is 8.18.